The maximum Gasteiger partial charge on any atom is 0.343 e. The van der Waals surface area contributed by atoms with E-state index in [-0.39, 0.29) is 23.8 Å². The highest BCUT2D eigenvalue weighted by atomic mass is 16.5. The number of carbonyl (C=O) groups excluding carboxylic acids is 2. The molecule has 1 saturated heterocycles. The van der Waals surface area contributed by atoms with Crippen molar-refractivity contribution in [3.63, 3.8) is 0 Å². The Bertz CT molecular complexity index is 566. The first-order chi connectivity index (χ1) is 9.72. The molecule has 2 atom stereocenters. The quantitative estimate of drug-likeness (QED) is 0.604. The molecule has 1 fully saturated rings. The molecule has 0 N–H and O–H groups in total. The Labute approximate surface area is 116 Å². The summed E-state index contributed by atoms with van der Waals surface area (Å²) in [5, 5.41) is 0. The van der Waals surface area contributed by atoms with Gasteiger partial charge in [-0.25, -0.2) is 4.79 Å². The molecule has 104 valence electrons. The number of carbonyl (C=O) groups is 2. The molecule has 2 aliphatic heterocycles. The van der Waals surface area contributed by atoms with Crippen LogP contribution >= 0.6 is 0 Å². The lowest BCUT2D eigenvalue weighted by Crippen LogP contribution is -2.43. The van der Waals surface area contributed by atoms with Crippen LogP contribution in [0.3, 0.4) is 0 Å². The van der Waals surface area contributed by atoms with Crippen LogP contribution in [0.5, 0.6) is 0 Å². The van der Waals surface area contributed by atoms with E-state index in [9.17, 15) is 9.59 Å². The van der Waals surface area contributed by atoms with Gasteiger partial charge in [0.15, 0.2) is 0 Å². The fourth-order valence-electron chi connectivity index (χ4n) is 2.68. The van der Waals surface area contributed by atoms with Gasteiger partial charge in [-0.3, -0.25) is 4.79 Å². The molecule has 20 heavy (non-hydrogen) atoms. The minimum absolute atomic E-state index is 0.0928. The highest BCUT2D eigenvalue weighted by molar-refractivity contribution is 6.16. The molecule has 1 amide bonds. The summed E-state index contributed by atoms with van der Waals surface area (Å²) in [6.07, 6.45) is 1.82. The second-order valence-corrected chi connectivity index (χ2v) is 4.77. The van der Waals surface area contributed by atoms with Crippen LogP contribution in [0.25, 0.3) is 0 Å². The summed E-state index contributed by atoms with van der Waals surface area (Å²) in [5.74, 6) is -0.911. The van der Waals surface area contributed by atoms with Crippen LogP contribution in [0.1, 0.15) is 18.0 Å². The van der Waals surface area contributed by atoms with E-state index in [0.29, 0.717) is 13.0 Å². The average molecular weight is 273 g/mol. The standard InChI is InChI=1S/C15H15NO4/c1-19-15(18)11-7-8-13-16(14(11)17)12(9-20-13)10-5-3-2-4-6-10/h2-7,12-13H,8-9H2,1H3/t12-,13-/m0/s1. The van der Waals surface area contributed by atoms with Crippen molar-refractivity contribution in [2.24, 2.45) is 0 Å². The number of esters is 1. The molecular formula is C15H15NO4. The smallest absolute Gasteiger partial charge is 0.343 e. The molecule has 3 rings (SSSR count). The summed E-state index contributed by atoms with van der Waals surface area (Å²) >= 11 is 0. The molecule has 0 unspecified atom stereocenters. The molecule has 1 aromatic carbocycles. The van der Waals surface area contributed by atoms with E-state index in [0.717, 1.165) is 5.56 Å². The first-order valence-electron chi connectivity index (χ1n) is 6.50. The third-order valence-electron chi connectivity index (χ3n) is 3.67. The van der Waals surface area contributed by atoms with Crippen molar-refractivity contribution < 1.29 is 19.1 Å². The second-order valence-electron chi connectivity index (χ2n) is 4.77. The van der Waals surface area contributed by atoms with E-state index in [2.05, 4.69) is 4.74 Å². The Kier molecular flexibility index (Phi) is 3.28. The Morgan fingerprint density at radius 2 is 2.10 bits per heavy atom. The first kappa shape index (κ1) is 12.9. The summed E-state index contributed by atoms with van der Waals surface area (Å²) in [4.78, 5) is 25.7. The molecule has 2 aliphatic rings. The van der Waals surface area contributed by atoms with E-state index >= 15 is 0 Å². The summed E-state index contributed by atoms with van der Waals surface area (Å²) < 4.78 is 10.3. The molecule has 0 aliphatic carbocycles. The van der Waals surface area contributed by atoms with Crippen molar-refractivity contribution in [1.29, 1.82) is 0 Å². The summed E-state index contributed by atoms with van der Waals surface area (Å²) in [5.41, 5.74) is 1.10. The molecule has 5 heteroatoms. The molecule has 0 saturated carbocycles. The van der Waals surface area contributed by atoms with Gasteiger partial charge in [-0.1, -0.05) is 36.4 Å². The van der Waals surface area contributed by atoms with Crippen LogP contribution in [0, 0.1) is 0 Å². The van der Waals surface area contributed by atoms with Crippen LogP contribution in [0.15, 0.2) is 42.0 Å². The van der Waals surface area contributed by atoms with Gasteiger partial charge < -0.3 is 14.4 Å². The van der Waals surface area contributed by atoms with Crippen molar-refractivity contribution in [2.45, 2.75) is 18.7 Å². The van der Waals surface area contributed by atoms with Gasteiger partial charge in [-0.15, -0.1) is 0 Å². The zero-order valence-electron chi connectivity index (χ0n) is 11.1. The maximum atomic E-state index is 12.5. The normalized spacial score (nSPS) is 25.1. The predicted octanol–water partition coefficient (Wildman–Crippen LogP) is 1.42. The Balaban J connectivity index is 1.91. The number of benzene rings is 1. The van der Waals surface area contributed by atoms with Gasteiger partial charge in [0.2, 0.25) is 0 Å². The lowest BCUT2D eigenvalue weighted by atomic mass is 10.0. The molecule has 1 aromatic rings. The van der Waals surface area contributed by atoms with Crippen molar-refractivity contribution in [3.8, 4) is 0 Å². The van der Waals surface area contributed by atoms with Crippen molar-refractivity contribution in [2.75, 3.05) is 13.7 Å². The topological polar surface area (TPSA) is 55.8 Å². The minimum Gasteiger partial charge on any atom is -0.465 e. The fraction of sp³-hybridized carbons (Fsp3) is 0.333. The zero-order valence-corrected chi connectivity index (χ0v) is 11.1. The van der Waals surface area contributed by atoms with Gasteiger partial charge in [-0.05, 0) is 5.56 Å². The summed E-state index contributed by atoms with van der Waals surface area (Å²) in [6.45, 7) is 0.447. The molecule has 0 spiro atoms. The molecule has 5 nitrogen and oxygen atoms in total. The molecular weight excluding hydrogens is 258 g/mol. The maximum absolute atomic E-state index is 12.5. The Morgan fingerprint density at radius 1 is 1.35 bits per heavy atom. The SMILES string of the molecule is COC(=O)C1=CC[C@@H]2OC[C@@H](c3ccccc3)N2C1=O. The van der Waals surface area contributed by atoms with Crippen molar-refractivity contribution in [1.82, 2.24) is 4.90 Å². The van der Waals surface area contributed by atoms with Crippen LogP contribution in [-0.4, -0.2) is 36.7 Å². The molecule has 0 bridgehead atoms. The van der Waals surface area contributed by atoms with Gasteiger partial charge in [0.05, 0.1) is 19.8 Å². The van der Waals surface area contributed by atoms with E-state index in [1.807, 2.05) is 30.3 Å². The molecule has 0 radical (unpaired) electrons. The lowest BCUT2D eigenvalue weighted by molar-refractivity contribution is -0.143. The number of nitrogens with zero attached hydrogens (tertiary/aromatic N) is 1. The highest BCUT2D eigenvalue weighted by Crippen LogP contribution is 2.35. The van der Waals surface area contributed by atoms with Crippen LogP contribution in [0.2, 0.25) is 0 Å². The number of rotatable bonds is 2. The predicted molar refractivity (Wildman–Crippen MR) is 70.5 cm³/mol. The Hall–Kier alpha value is -2.14. The minimum atomic E-state index is -0.591. The second kappa shape index (κ2) is 5.09. The van der Waals surface area contributed by atoms with E-state index in [4.69, 9.17) is 4.74 Å². The van der Waals surface area contributed by atoms with E-state index < -0.39 is 5.97 Å². The highest BCUT2D eigenvalue weighted by Gasteiger charge is 2.43. The Morgan fingerprint density at radius 3 is 2.80 bits per heavy atom. The van der Waals surface area contributed by atoms with Gasteiger partial charge in [-0.2, -0.15) is 0 Å². The summed E-state index contributed by atoms with van der Waals surface area (Å²) in [6, 6.07) is 9.54. The van der Waals surface area contributed by atoms with Gasteiger partial charge in [0.25, 0.3) is 5.91 Å². The van der Waals surface area contributed by atoms with Gasteiger partial charge >= 0.3 is 5.97 Å². The number of fused-ring (bicyclic) bond motifs is 1. The van der Waals surface area contributed by atoms with Crippen LogP contribution in [-0.2, 0) is 19.1 Å². The zero-order chi connectivity index (χ0) is 14.1. The monoisotopic (exact) mass is 273 g/mol. The van der Waals surface area contributed by atoms with Crippen molar-refractivity contribution >= 4 is 11.9 Å². The molecule has 0 aromatic heterocycles. The third-order valence-corrected chi connectivity index (χ3v) is 3.67. The molecule has 2 heterocycles. The number of amides is 1. The number of hydrogen-bond acceptors (Lipinski definition) is 4. The van der Waals surface area contributed by atoms with E-state index in [1.165, 1.54) is 7.11 Å². The first-order valence-corrected chi connectivity index (χ1v) is 6.50. The largest absolute Gasteiger partial charge is 0.465 e. The van der Waals surface area contributed by atoms with Gasteiger partial charge in [0, 0.05) is 6.42 Å². The van der Waals surface area contributed by atoms with Crippen molar-refractivity contribution in [3.05, 3.63) is 47.5 Å². The van der Waals surface area contributed by atoms with Gasteiger partial charge in [0.1, 0.15) is 11.8 Å². The number of methoxy groups -OCH3 is 1. The van der Waals surface area contributed by atoms with Crippen LogP contribution in [0.4, 0.5) is 0 Å². The van der Waals surface area contributed by atoms with E-state index in [1.54, 1.807) is 11.0 Å². The summed E-state index contributed by atoms with van der Waals surface area (Å²) in [7, 11) is 1.28. The lowest BCUT2D eigenvalue weighted by Gasteiger charge is -2.31. The average Bonchev–Trinajstić information content (AvgIpc) is 2.92. The number of hydrogen-bond donors (Lipinski definition) is 0. The number of ether oxygens (including phenoxy) is 2. The fourth-order valence-corrected chi connectivity index (χ4v) is 2.68. The third kappa shape index (κ3) is 2.00. The van der Waals surface area contributed by atoms with Crippen LogP contribution < -0.4 is 0 Å².